The van der Waals surface area contributed by atoms with Crippen molar-refractivity contribution in [1.29, 1.82) is 0 Å². The van der Waals surface area contributed by atoms with Crippen molar-refractivity contribution in [1.82, 2.24) is 24.8 Å². The zero-order valence-electron chi connectivity index (χ0n) is 20.8. The van der Waals surface area contributed by atoms with E-state index in [1.807, 2.05) is 23.6 Å². The van der Waals surface area contributed by atoms with Crippen molar-refractivity contribution in [3.63, 3.8) is 0 Å². The third-order valence-corrected chi connectivity index (χ3v) is 9.92. The van der Waals surface area contributed by atoms with Gasteiger partial charge in [0.15, 0.2) is 9.79 Å². The van der Waals surface area contributed by atoms with Gasteiger partial charge in [-0.2, -0.15) is 4.98 Å². The lowest BCUT2D eigenvalue weighted by atomic mass is 9.90. The molecule has 0 spiro atoms. The van der Waals surface area contributed by atoms with Crippen LogP contribution >= 0.6 is 27.3 Å². The van der Waals surface area contributed by atoms with Crippen LogP contribution in [0, 0.1) is 0 Å². The number of anilines is 2. The average molecular weight is 622 g/mol. The number of nitrogens with one attached hydrogen (secondary N) is 2. The van der Waals surface area contributed by atoms with Gasteiger partial charge in [0.1, 0.15) is 5.65 Å². The Morgan fingerprint density at radius 3 is 2.67 bits per heavy atom. The van der Waals surface area contributed by atoms with E-state index >= 15 is 0 Å². The molecule has 1 aliphatic rings. The van der Waals surface area contributed by atoms with E-state index in [1.54, 1.807) is 41.4 Å². The molecule has 0 radical (unpaired) electrons. The molecule has 0 saturated carbocycles. The number of nitrogens with zero attached hydrogens (tertiary/aromatic N) is 4. The molecular formula is C28H25BrN6O2S2. The van der Waals surface area contributed by atoms with Gasteiger partial charge < -0.3 is 15.2 Å². The van der Waals surface area contributed by atoms with Gasteiger partial charge in [0.25, 0.3) is 5.56 Å². The van der Waals surface area contributed by atoms with Crippen LogP contribution in [0.1, 0.15) is 29.2 Å². The third kappa shape index (κ3) is 5.64. The highest BCUT2D eigenvalue weighted by Crippen LogP contribution is 2.30. The van der Waals surface area contributed by atoms with Crippen LogP contribution in [-0.4, -0.2) is 37.2 Å². The van der Waals surface area contributed by atoms with Crippen molar-refractivity contribution in [2.24, 2.45) is 0 Å². The van der Waals surface area contributed by atoms with Crippen LogP contribution in [0.25, 0.3) is 11.0 Å². The molecule has 198 valence electrons. The Hall–Kier alpha value is -3.09. The summed E-state index contributed by atoms with van der Waals surface area (Å²) in [6.07, 6.45) is 7.25. The molecule has 2 N–H and O–H groups in total. The molecule has 8 nitrogen and oxygen atoms in total. The predicted molar refractivity (Wildman–Crippen MR) is 158 cm³/mol. The molecule has 1 saturated heterocycles. The van der Waals surface area contributed by atoms with Crippen molar-refractivity contribution >= 4 is 61.1 Å². The zero-order valence-corrected chi connectivity index (χ0v) is 24.1. The van der Waals surface area contributed by atoms with Crippen LogP contribution in [-0.2, 0) is 17.7 Å². The minimum atomic E-state index is -1.39. The Balaban J connectivity index is 1.30. The number of pyridine rings is 2. The van der Waals surface area contributed by atoms with Crippen LogP contribution in [0.5, 0.6) is 0 Å². The van der Waals surface area contributed by atoms with E-state index in [2.05, 4.69) is 48.7 Å². The predicted octanol–water partition coefficient (Wildman–Crippen LogP) is 5.44. The molecule has 1 fully saturated rings. The number of thiophene rings is 1. The second-order valence-corrected chi connectivity index (χ2v) is 12.6. The molecule has 39 heavy (non-hydrogen) atoms. The van der Waals surface area contributed by atoms with Crippen molar-refractivity contribution in [2.45, 2.75) is 35.1 Å². The van der Waals surface area contributed by atoms with Gasteiger partial charge in [-0.05, 0) is 76.9 Å². The summed E-state index contributed by atoms with van der Waals surface area (Å²) in [7, 11) is 0. The van der Waals surface area contributed by atoms with Crippen molar-refractivity contribution in [3.8, 4) is 0 Å². The van der Waals surface area contributed by atoms with Gasteiger partial charge in [-0.1, -0.05) is 12.1 Å². The third-order valence-electron chi connectivity index (χ3n) is 6.83. The van der Waals surface area contributed by atoms with E-state index in [9.17, 15) is 9.35 Å². The van der Waals surface area contributed by atoms with Gasteiger partial charge in [-0.3, -0.25) is 14.3 Å². The number of halogens is 1. The molecule has 6 rings (SSSR count). The zero-order chi connectivity index (χ0) is 26.8. The molecule has 11 heteroatoms. The normalized spacial score (nSPS) is 14.9. The SMILES string of the molecule is O=c1c(Br)cc2cnc(Nc3ccc(C4CCNCC4)cc3)nc2n1Cc1sccc1[S+]([O-])c1ccncc1. The Bertz CT molecular complexity index is 1650. The molecule has 4 aromatic heterocycles. The van der Waals surface area contributed by atoms with Crippen molar-refractivity contribution in [3.05, 3.63) is 97.8 Å². The summed E-state index contributed by atoms with van der Waals surface area (Å²) in [6.45, 7) is 2.35. The molecule has 0 aliphatic carbocycles. The fraction of sp³-hybridized carbons (Fsp3) is 0.214. The van der Waals surface area contributed by atoms with E-state index < -0.39 is 11.2 Å². The summed E-state index contributed by atoms with van der Waals surface area (Å²) in [5, 5.41) is 9.31. The van der Waals surface area contributed by atoms with Crippen molar-refractivity contribution < 1.29 is 4.55 Å². The largest absolute Gasteiger partial charge is 0.606 e. The highest BCUT2D eigenvalue weighted by molar-refractivity contribution is 9.10. The maximum absolute atomic E-state index is 13.3. The molecule has 0 bridgehead atoms. The summed E-state index contributed by atoms with van der Waals surface area (Å²) in [5.41, 5.74) is 2.51. The van der Waals surface area contributed by atoms with Crippen LogP contribution < -0.4 is 16.2 Å². The summed E-state index contributed by atoms with van der Waals surface area (Å²) in [5.74, 6) is 0.986. The van der Waals surface area contributed by atoms with Gasteiger partial charge >= 0.3 is 0 Å². The summed E-state index contributed by atoms with van der Waals surface area (Å²) in [6, 6.07) is 15.5. The second kappa shape index (κ2) is 11.6. The quantitative estimate of drug-likeness (QED) is 0.233. The second-order valence-electron chi connectivity index (χ2n) is 9.29. The summed E-state index contributed by atoms with van der Waals surface area (Å²) < 4.78 is 15.3. The first kappa shape index (κ1) is 26.1. The fourth-order valence-corrected chi connectivity index (χ4v) is 7.56. The van der Waals surface area contributed by atoms with Crippen LogP contribution in [0.2, 0.25) is 0 Å². The molecule has 1 atom stereocenters. The monoisotopic (exact) mass is 620 g/mol. The van der Waals surface area contributed by atoms with E-state index in [-0.39, 0.29) is 12.1 Å². The number of benzene rings is 1. The van der Waals surface area contributed by atoms with Gasteiger partial charge in [-0.25, -0.2) is 4.98 Å². The van der Waals surface area contributed by atoms with E-state index in [4.69, 9.17) is 4.98 Å². The van der Waals surface area contributed by atoms with Gasteiger partial charge in [-0.15, -0.1) is 11.3 Å². The number of rotatable bonds is 7. The van der Waals surface area contributed by atoms with E-state index in [1.165, 1.54) is 16.9 Å². The van der Waals surface area contributed by atoms with Crippen LogP contribution in [0.15, 0.2) is 91.6 Å². The average Bonchev–Trinajstić information content (AvgIpc) is 3.45. The van der Waals surface area contributed by atoms with E-state index in [0.717, 1.165) is 41.9 Å². The number of aromatic nitrogens is 4. The molecular weight excluding hydrogens is 596 g/mol. The van der Waals surface area contributed by atoms with Gasteiger partial charge in [0, 0.05) is 59.0 Å². The van der Waals surface area contributed by atoms with Crippen LogP contribution in [0.3, 0.4) is 0 Å². The van der Waals surface area contributed by atoms with Crippen molar-refractivity contribution in [2.75, 3.05) is 18.4 Å². The molecule has 0 amide bonds. The highest BCUT2D eigenvalue weighted by atomic mass is 79.9. The number of hydrogen-bond donors (Lipinski definition) is 2. The highest BCUT2D eigenvalue weighted by Gasteiger charge is 2.22. The van der Waals surface area contributed by atoms with Crippen LogP contribution in [0.4, 0.5) is 11.6 Å². The Labute approximate surface area is 240 Å². The van der Waals surface area contributed by atoms with Gasteiger partial charge in [0.2, 0.25) is 5.95 Å². The first-order chi connectivity index (χ1) is 19.1. The minimum absolute atomic E-state index is 0.215. The number of fused-ring (bicyclic) bond motifs is 1. The number of piperidine rings is 1. The Morgan fingerprint density at radius 2 is 1.90 bits per heavy atom. The maximum atomic E-state index is 13.3. The molecule has 5 aromatic rings. The first-order valence-electron chi connectivity index (χ1n) is 12.6. The first-order valence-corrected chi connectivity index (χ1v) is 15.4. The standard InChI is InChI=1S/C28H25BrN6O2S2/c29-23-15-20-16-32-28(33-21-3-1-18(2-4-21)19-5-10-30-11-6-19)34-26(20)35(27(23)36)17-24-25(9-14-38-24)39(37)22-7-12-31-13-8-22/h1-4,7-9,12-16,19,30H,5-6,10-11,17H2,(H,32,33,34). The minimum Gasteiger partial charge on any atom is -0.606 e. The fourth-order valence-electron chi connectivity index (χ4n) is 4.80. The Kier molecular flexibility index (Phi) is 7.76. The smallest absolute Gasteiger partial charge is 0.266 e. The summed E-state index contributed by atoms with van der Waals surface area (Å²) in [4.78, 5) is 28.7. The molecule has 1 unspecified atom stereocenters. The molecule has 5 heterocycles. The molecule has 1 aromatic carbocycles. The van der Waals surface area contributed by atoms with E-state index in [0.29, 0.717) is 31.8 Å². The van der Waals surface area contributed by atoms with Gasteiger partial charge in [0.05, 0.1) is 15.9 Å². The maximum Gasteiger partial charge on any atom is 0.266 e. The molecule has 1 aliphatic heterocycles. The summed E-state index contributed by atoms with van der Waals surface area (Å²) >= 11 is 3.47. The lowest BCUT2D eigenvalue weighted by Crippen LogP contribution is -2.26. The number of hydrogen-bond acceptors (Lipinski definition) is 8. The lowest BCUT2D eigenvalue weighted by Gasteiger charge is -2.23. The topological polar surface area (TPSA) is 108 Å². The Morgan fingerprint density at radius 1 is 1.13 bits per heavy atom. The lowest BCUT2D eigenvalue weighted by molar-refractivity contribution is 0.460.